The van der Waals surface area contributed by atoms with Crippen molar-refractivity contribution in [3.05, 3.63) is 41.5 Å². The van der Waals surface area contributed by atoms with Gasteiger partial charge in [0.1, 0.15) is 5.82 Å². The fraction of sp³-hybridized carbons (Fsp3) is 0.400. The summed E-state index contributed by atoms with van der Waals surface area (Å²) < 4.78 is 43.1. The third-order valence-corrected chi connectivity index (χ3v) is 4.62. The molecule has 0 bridgehead atoms. The third kappa shape index (κ3) is 4.85. The zero-order valence-electron chi connectivity index (χ0n) is 13.2. The number of amides is 1. The summed E-state index contributed by atoms with van der Waals surface area (Å²) in [6, 6.07) is 5.61. The second-order valence-corrected chi connectivity index (χ2v) is 6.99. The van der Waals surface area contributed by atoms with Gasteiger partial charge in [-0.05, 0) is 12.5 Å². The standard InChI is InChI=1S/C15H18FN3O4S/c1-2-13(20)17-9-5-8-14-18-19-15(23-14)24(21,22)10-11-6-3-4-7-12(11)16/h3-4,6-7H,2,5,8-10H2,1H3,(H,17,20). The lowest BCUT2D eigenvalue weighted by molar-refractivity contribution is -0.120. The Labute approximate surface area is 139 Å². The first-order valence-electron chi connectivity index (χ1n) is 7.47. The van der Waals surface area contributed by atoms with Gasteiger partial charge >= 0.3 is 5.22 Å². The van der Waals surface area contributed by atoms with Gasteiger partial charge in [0.05, 0.1) is 5.75 Å². The average Bonchev–Trinajstić information content (AvgIpc) is 3.03. The number of rotatable bonds is 8. The molecular weight excluding hydrogens is 337 g/mol. The first kappa shape index (κ1) is 18.1. The molecule has 0 saturated heterocycles. The summed E-state index contributed by atoms with van der Waals surface area (Å²) in [7, 11) is -3.91. The van der Waals surface area contributed by atoms with Crippen LogP contribution in [0.5, 0.6) is 0 Å². The van der Waals surface area contributed by atoms with Crippen LogP contribution in [0.2, 0.25) is 0 Å². The van der Waals surface area contributed by atoms with Crippen LogP contribution in [0.4, 0.5) is 4.39 Å². The molecule has 1 amide bonds. The van der Waals surface area contributed by atoms with Crippen LogP contribution >= 0.6 is 0 Å². The summed E-state index contributed by atoms with van der Waals surface area (Å²) in [5.41, 5.74) is 0.0412. The van der Waals surface area contributed by atoms with E-state index in [1.807, 2.05) is 0 Å². The molecule has 0 spiro atoms. The molecule has 24 heavy (non-hydrogen) atoms. The Bertz CT molecular complexity index is 805. The number of benzene rings is 1. The monoisotopic (exact) mass is 355 g/mol. The third-order valence-electron chi connectivity index (χ3n) is 3.23. The Morgan fingerprint density at radius 3 is 2.75 bits per heavy atom. The van der Waals surface area contributed by atoms with Crippen LogP contribution in [0.15, 0.2) is 33.9 Å². The summed E-state index contributed by atoms with van der Waals surface area (Å²) in [5, 5.41) is 9.37. The number of halogens is 1. The molecular formula is C15H18FN3O4S. The minimum Gasteiger partial charge on any atom is -0.413 e. The predicted molar refractivity (Wildman–Crippen MR) is 83.2 cm³/mol. The molecule has 0 atom stereocenters. The van der Waals surface area contributed by atoms with Crippen LogP contribution in [-0.4, -0.2) is 31.1 Å². The molecule has 0 unspecified atom stereocenters. The maximum atomic E-state index is 13.6. The van der Waals surface area contributed by atoms with Gasteiger partial charge in [0.2, 0.25) is 21.6 Å². The zero-order chi connectivity index (χ0) is 17.6. The van der Waals surface area contributed by atoms with Crippen LogP contribution in [0, 0.1) is 5.82 Å². The Hall–Kier alpha value is -2.29. The van der Waals surface area contributed by atoms with Crippen molar-refractivity contribution in [2.24, 2.45) is 0 Å². The van der Waals surface area contributed by atoms with E-state index in [1.165, 1.54) is 18.2 Å². The maximum absolute atomic E-state index is 13.6. The molecule has 1 aromatic heterocycles. The van der Waals surface area contributed by atoms with Crippen LogP contribution in [-0.2, 0) is 26.8 Å². The van der Waals surface area contributed by atoms with Gasteiger partial charge in [-0.25, -0.2) is 12.8 Å². The Balaban J connectivity index is 1.96. The van der Waals surface area contributed by atoms with Crippen molar-refractivity contribution in [2.75, 3.05) is 6.54 Å². The first-order valence-corrected chi connectivity index (χ1v) is 9.13. The lowest BCUT2D eigenvalue weighted by atomic mass is 10.2. The molecule has 0 aliphatic heterocycles. The molecule has 1 heterocycles. The number of hydrogen-bond donors (Lipinski definition) is 1. The summed E-state index contributed by atoms with van der Waals surface area (Å²) >= 11 is 0. The number of aromatic nitrogens is 2. The van der Waals surface area contributed by atoms with Crippen molar-refractivity contribution in [3.8, 4) is 0 Å². The highest BCUT2D eigenvalue weighted by Crippen LogP contribution is 2.17. The van der Waals surface area contributed by atoms with Crippen molar-refractivity contribution < 1.29 is 22.0 Å². The van der Waals surface area contributed by atoms with E-state index in [9.17, 15) is 17.6 Å². The molecule has 2 rings (SSSR count). The van der Waals surface area contributed by atoms with E-state index in [-0.39, 0.29) is 17.4 Å². The molecule has 0 aliphatic rings. The quantitative estimate of drug-likeness (QED) is 0.722. The Morgan fingerprint density at radius 2 is 2.04 bits per heavy atom. The molecule has 1 aromatic carbocycles. The number of nitrogens with zero attached hydrogens (tertiary/aromatic N) is 2. The van der Waals surface area contributed by atoms with Crippen molar-refractivity contribution >= 4 is 15.7 Å². The van der Waals surface area contributed by atoms with Crippen molar-refractivity contribution in [3.63, 3.8) is 0 Å². The van der Waals surface area contributed by atoms with E-state index < -0.39 is 26.6 Å². The van der Waals surface area contributed by atoms with Gasteiger partial charge in [-0.15, -0.1) is 5.10 Å². The highest BCUT2D eigenvalue weighted by atomic mass is 32.2. The van der Waals surface area contributed by atoms with E-state index in [0.29, 0.717) is 25.8 Å². The van der Waals surface area contributed by atoms with E-state index in [4.69, 9.17) is 4.42 Å². The van der Waals surface area contributed by atoms with Crippen LogP contribution < -0.4 is 5.32 Å². The molecule has 7 nitrogen and oxygen atoms in total. The molecule has 0 fully saturated rings. The van der Waals surface area contributed by atoms with Crippen molar-refractivity contribution in [2.45, 2.75) is 37.2 Å². The topological polar surface area (TPSA) is 102 Å². The number of aryl methyl sites for hydroxylation is 1. The summed E-state index contributed by atoms with van der Waals surface area (Å²) in [5.74, 6) is -1.05. The van der Waals surface area contributed by atoms with Gasteiger partial charge in [-0.2, -0.15) is 0 Å². The minimum absolute atomic E-state index is 0.0412. The lowest BCUT2D eigenvalue weighted by Gasteiger charge is -2.02. The second kappa shape index (κ2) is 8.00. The van der Waals surface area contributed by atoms with Crippen LogP contribution in [0.3, 0.4) is 0 Å². The first-order chi connectivity index (χ1) is 11.4. The van der Waals surface area contributed by atoms with Gasteiger partial charge in [-0.3, -0.25) is 4.79 Å². The zero-order valence-corrected chi connectivity index (χ0v) is 14.0. The summed E-state index contributed by atoms with van der Waals surface area (Å²) in [6.45, 7) is 2.19. The molecule has 0 aliphatic carbocycles. The fourth-order valence-electron chi connectivity index (χ4n) is 1.94. The normalized spacial score (nSPS) is 11.4. The second-order valence-electron chi connectivity index (χ2n) is 5.12. The summed E-state index contributed by atoms with van der Waals surface area (Å²) in [4.78, 5) is 11.1. The van der Waals surface area contributed by atoms with Gasteiger partial charge < -0.3 is 9.73 Å². The van der Waals surface area contributed by atoms with Gasteiger partial charge in [0.25, 0.3) is 0 Å². The largest absolute Gasteiger partial charge is 0.413 e. The van der Waals surface area contributed by atoms with Crippen LogP contribution in [0.25, 0.3) is 0 Å². The highest BCUT2D eigenvalue weighted by Gasteiger charge is 2.24. The van der Waals surface area contributed by atoms with E-state index >= 15 is 0 Å². The molecule has 130 valence electrons. The molecule has 9 heteroatoms. The number of carbonyl (C=O) groups excluding carboxylic acids is 1. The number of carbonyl (C=O) groups is 1. The van der Waals surface area contributed by atoms with E-state index in [0.717, 1.165) is 0 Å². The minimum atomic E-state index is -3.91. The highest BCUT2D eigenvalue weighted by molar-refractivity contribution is 7.90. The number of nitrogens with one attached hydrogen (secondary N) is 1. The van der Waals surface area contributed by atoms with Gasteiger partial charge in [0, 0.05) is 24.9 Å². The Kier molecular flexibility index (Phi) is 6.02. The Morgan fingerprint density at radius 1 is 1.29 bits per heavy atom. The van der Waals surface area contributed by atoms with Crippen LogP contribution in [0.1, 0.15) is 31.2 Å². The van der Waals surface area contributed by atoms with Gasteiger partial charge in [0.15, 0.2) is 0 Å². The smallest absolute Gasteiger partial charge is 0.335 e. The summed E-state index contributed by atoms with van der Waals surface area (Å²) in [6.07, 6.45) is 1.28. The number of sulfone groups is 1. The van der Waals surface area contributed by atoms with Crippen molar-refractivity contribution in [1.82, 2.24) is 15.5 Å². The maximum Gasteiger partial charge on any atom is 0.335 e. The lowest BCUT2D eigenvalue weighted by Crippen LogP contribution is -2.23. The van der Waals surface area contributed by atoms with E-state index in [1.54, 1.807) is 13.0 Å². The SMILES string of the molecule is CCC(=O)NCCCc1nnc(S(=O)(=O)Cc2ccccc2F)o1. The number of hydrogen-bond acceptors (Lipinski definition) is 6. The van der Waals surface area contributed by atoms with Crippen molar-refractivity contribution in [1.29, 1.82) is 0 Å². The molecule has 0 radical (unpaired) electrons. The van der Waals surface area contributed by atoms with E-state index in [2.05, 4.69) is 15.5 Å². The van der Waals surface area contributed by atoms with Gasteiger partial charge in [-0.1, -0.05) is 30.2 Å². The molecule has 1 N–H and O–H groups in total. The predicted octanol–water partition coefficient (Wildman–Crippen LogP) is 1.64. The molecule has 0 saturated carbocycles. The fourth-order valence-corrected chi connectivity index (χ4v) is 3.09. The molecule has 2 aromatic rings. The average molecular weight is 355 g/mol.